The van der Waals surface area contributed by atoms with Crippen molar-refractivity contribution in [3.05, 3.63) is 137 Å². The second-order valence-electron chi connectivity index (χ2n) is 14.4. The molecule has 0 spiro atoms. The first-order valence-electron chi connectivity index (χ1n) is 18.6. The van der Waals surface area contributed by atoms with Crippen molar-refractivity contribution in [2.75, 3.05) is 26.3 Å². The number of nitrogens with zero attached hydrogens (tertiary/aromatic N) is 3. The lowest BCUT2D eigenvalue weighted by molar-refractivity contribution is -0.144. The molecule has 3 heterocycles. The zero-order chi connectivity index (χ0) is 36.7. The zero-order valence-corrected chi connectivity index (χ0v) is 29.8. The SMILES string of the molecule is O=C1[C@@H]2[C@@H](CC(COc3ccccc3)=C([C@H](O)CC/C(=C/c3ccc(O)cc3)c3ccccn3)[C@@H]2CO)C(=O)N1C1CCN(Cc2ccccc2)CC1. The first kappa shape index (κ1) is 36.3. The number of hydrogen-bond donors (Lipinski definition) is 3. The number of imide groups is 1. The van der Waals surface area contributed by atoms with E-state index in [0.29, 0.717) is 37.0 Å². The molecule has 2 saturated heterocycles. The van der Waals surface area contributed by atoms with Gasteiger partial charge in [-0.1, -0.05) is 66.7 Å². The molecule has 4 aromatic rings. The Bertz CT molecular complexity index is 1910. The number of allylic oxidation sites excluding steroid dienone is 1. The van der Waals surface area contributed by atoms with Crippen LogP contribution in [0.25, 0.3) is 11.6 Å². The molecule has 3 N–H and O–H groups in total. The Hall–Kier alpha value is -5.09. The summed E-state index contributed by atoms with van der Waals surface area (Å²) in [4.78, 5) is 37.0. The third-order valence-electron chi connectivity index (χ3n) is 11.0. The number of aromatic nitrogens is 1. The summed E-state index contributed by atoms with van der Waals surface area (Å²) in [5.74, 6) is -1.68. The van der Waals surface area contributed by atoms with Crippen molar-refractivity contribution in [1.29, 1.82) is 0 Å². The largest absolute Gasteiger partial charge is 0.508 e. The first-order chi connectivity index (χ1) is 25.9. The maximum absolute atomic E-state index is 14.3. The molecule has 0 unspecified atom stereocenters. The lowest BCUT2D eigenvalue weighted by Crippen LogP contribution is -2.47. The van der Waals surface area contributed by atoms with E-state index in [-0.39, 0.29) is 43.2 Å². The molecule has 1 aromatic heterocycles. The van der Waals surface area contributed by atoms with Gasteiger partial charge in [0, 0.05) is 37.8 Å². The normalized spacial score (nSPS) is 21.9. The summed E-state index contributed by atoms with van der Waals surface area (Å²) >= 11 is 0. The fraction of sp³-hybridized carbons (Fsp3) is 0.341. The number of rotatable bonds is 13. The van der Waals surface area contributed by atoms with E-state index in [1.165, 1.54) is 10.5 Å². The van der Waals surface area contributed by atoms with Crippen LogP contribution in [-0.4, -0.2) is 80.4 Å². The van der Waals surface area contributed by atoms with Crippen LogP contribution < -0.4 is 4.74 Å². The molecule has 2 fully saturated rings. The number of piperidine rings is 1. The second-order valence-corrected chi connectivity index (χ2v) is 14.4. The molecule has 0 saturated carbocycles. The standard InChI is InChI=1S/C44H47N3O6/c48-28-38-41(40(50)19-16-32(39-13-7-8-22-45-39)25-30-14-17-35(49)18-15-30)33(29-53-36-11-5-2-6-12-36)26-37-42(38)44(52)47(43(37)51)34-20-23-46(24-21-34)27-31-9-3-1-4-10-31/h1-15,17-18,22,25,34,37-38,40,42,48-50H,16,19-21,23-24,26-29H2/b32-25-/t37-,38+,40-,42-/m1/s1. The van der Waals surface area contributed by atoms with Gasteiger partial charge < -0.3 is 20.1 Å². The number of carbonyl (C=O) groups is 2. The number of aliphatic hydroxyl groups excluding tert-OH is 2. The number of hydrogen-bond acceptors (Lipinski definition) is 8. The number of aliphatic hydroxyl groups is 2. The molecule has 7 rings (SSSR count). The van der Waals surface area contributed by atoms with Gasteiger partial charge in [-0.05, 0) is 102 Å². The van der Waals surface area contributed by atoms with Crippen molar-refractivity contribution in [2.24, 2.45) is 17.8 Å². The summed E-state index contributed by atoms with van der Waals surface area (Å²) in [5, 5.41) is 32.9. The molecule has 2 amide bonds. The van der Waals surface area contributed by atoms with E-state index < -0.39 is 23.9 Å². The van der Waals surface area contributed by atoms with Gasteiger partial charge in [-0.25, -0.2) is 0 Å². The number of amides is 2. The lowest BCUT2D eigenvalue weighted by atomic mass is 9.68. The minimum absolute atomic E-state index is 0.131. The van der Waals surface area contributed by atoms with Crippen LogP contribution in [0.1, 0.15) is 48.9 Å². The van der Waals surface area contributed by atoms with E-state index >= 15 is 0 Å². The predicted molar refractivity (Wildman–Crippen MR) is 203 cm³/mol. The molecule has 4 atom stereocenters. The highest BCUT2D eigenvalue weighted by Gasteiger charge is 2.56. The third kappa shape index (κ3) is 8.28. The Kier molecular flexibility index (Phi) is 11.4. The highest BCUT2D eigenvalue weighted by atomic mass is 16.5. The molecule has 2 aliphatic heterocycles. The van der Waals surface area contributed by atoms with Gasteiger partial charge >= 0.3 is 0 Å². The Morgan fingerprint density at radius 3 is 2.26 bits per heavy atom. The van der Waals surface area contributed by atoms with Gasteiger partial charge in [0.05, 0.1) is 30.2 Å². The van der Waals surface area contributed by atoms with Crippen LogP contribution in [-0.2, 0) is 16.1 Å². The fourth-order valence-corrected chi connectivity index (χ4v) is 8.39. The van der Waals surface area contributed by atoms with Crippen LogP contribution in [0.3, 0.4) is 0 Å². The van der Waals surface area contributed by atoms with Gasteiger partial charge in [0.15, 0.2) is 0 Å². The molecular formula is C44H47N3O6. The maximum atomic E-state index is 14.3. The summed E-state index contributed by atoms with van der Waals surface area (Å²) in [6.45, 7) is 2.15. The first-order valence-corrected chi connectivity index (χ1v) is 18.6. The lowest BCUT2D eigenvalue weighted by Gasteiger charge is -2.37. The van der Waals surface area contributed by atoms with Gasteiger partial charge in [0.1, 0.15) is 18.1 Å². The number of fused-ring (bicyclic) bond motifs is 1. The Labute approximate surface area is 310 Å². The van der Waals surface area contributed by atoms with Gasteiger partial charge in [-0.3, -0.25) is 24.4 Å². The van der Waals surface area contributed by atoms with Gasteiger partial charge in [-0.15, -0.1) is 0 Å². The van der Waals surface area contributed by atoms with E-state index in [2.05, 4.69) is 22.0 Å². The highest BCUT2D eigenvalue weighted by molar-refractivity contribution is 6.06. The molecule has 53 heavy (non-hydrogen) atoms. The molecule has 0 radical (unpaired) electrons. The van der Waals surface area contributed by atoms with Gasteiger partial charge in [-0.2, -0.15) is 0 Å². The Morgan fingerprint density at radius 1 is 0.887 bits per heavy atom. The maximum Gasteiger partial charge on any atom is 0.234 e. The van der Waals surface area contributed by atoms with Crippen molar-refractivity contribution in [2.45, 2.75) is 50.8 Å². The number of aromatic hydroxyl groups is 1. The fourth-order valence-electron chi connectivity index (χ4n) is 8.39. The van der Waals surface area contributed by atoms with Crippen molar-refractivity contribution >= 4 is 23.5 Å². The van der Waals surface area contributed by atoms with Crippen molar-refractivity contribution < 1.29 is 29.6 Å². The quantitative estimate of drug-likeness (QED) is 0.112. The smallest absolute Gasteiger partial charge is 0.234 e. The monoisotopic (exact) mass is 713 g/mol. The van der Waals surface area contributed by atoms with E-state index in [9.17, 15) is 24.9 Å². The number of benzene rings is 3. The molecule has 1 aliphatic carbocycles. The van der Waals surface area contributed by atoms with Crippen molar-refractivity contribution in [1.82, 2.24) is 14.8 Å². The van der Waals surface area contributed by atoms with Crippen molar-refractivity contribution in [3.8, 4) is 11.5 Å². The van der Waals surface area contributed by atoms with Crippen LogP contribution in [0.4, 0.5) is 0 Å². The predicted octanol–water partition coefficient (Wildman–Crippen LogP) is 6.12. The third-order valence-corrected chi connectivity index (χ3v) is 11.0. The minimum Gasteiger partial charge on any atom is -0.508 e. The molecular weight excluding hydrogens is 666 g/mol. The zero-order valence-electron chi connectivity index (χ0n) is 29.8. The Morgan fingerprint density at radius 2 is 1.58 bits per heavy atom. The van der Waals surface area contributed by atoms with Crippen LogP contribution in [0.2, 0.25) is 0 Å². The average Bonchev–Trinajstić information content (AvgIpc) is 3.45. The number of ether oxygens (including phenoxy) is 1. The van der Waals surface area contributed by atoms with Gasteiger partial charge in [0.25, 0.3) is 0 Å². The number of likely N-dealkylation sites (tertiary alicyclic amines) is 2. The van der Waals surface area contributed by atoms with E-state index in [1.807, 2.05) is 84.9 Å². The van der Waals surface area contributed by atoms with E-state index in [4.69, 9.17) is 4.74 Å². The number of pyridine rings is 1. The summed E-state index contributed by atoms with van der Waals surface area (Å²) in [6, 6.07) is 32.1. The summed E-state index contributed by atoms with van der Waals surface area (Å²) < 4.78 is 6.21. The summed E-state index contributed by atoms with van der Waals surface area (Å²) in [6.07, 6.45) is 5.13. The molecule has 9 heteroatoms. The van der Waals surface area contributed by atoms with E-state index in [0.717, 1.165) is 42.0 Å². The second kappa shape index (κ2) is 16.7. The van der Waals surface area contributed by atoms with E-state index in [1.54, 1.807) is 18.3 Å². The van der Waals surface area contributed by atoms with Gasteiger partial charge in [0.2, 0.25) is 11.8 Å². The molecule has 274 valence electrons. The number of phenols is 1. The number of phenolic OH excluding ortho intramolecular Hbond substituents is 1. The summed E-state index contributed by atoms with van der Waals surface area (Å²) in [5.41, 5.74) is 5.12. The number of carbonyl (C=O) groups excluding carboxylic acids is 2. The molecule has 3 aromatic carbocycles. The van der Waals surface area contributed by atoms with Crippen LogP contribution in [0.5, 0.6) is 11.5 Å². The van der Waals surface area contributed by atoms with Crippen molar-refractivity contribution in [3.63, 3.8) is 0 Å². The average molecular weight is 714 g/mol. The molecule has 9 nitrogen and oxygen atoms in total. The topological polar surface area (TPSA) is 123 Å². The Balaban J connectivity index is 1.13. The van der Waals surface area contributed by atoms with Crippen LogP contribution in [0, 0.1) is 17.8 Å². The molecule has 3 aliphatic rings. The number of para-hydroxylation sites is 1. The minimum atomic E-state index is -1.01. The van der Waals surface area contributed by atoms with Crippen LogP contribution >= 0.6 is 0 Å². The van der Waals surface area contributed by atoms with Crippen LogP contribution in [0.15, 0.2) is 120 Å². The highest BCUT2D eigenvalue weighted by Crippen LogP contribution is 2.47. The summed E-state index contributed by atoms with van der Waals surface area (Å²) in [7, 11) is 0. The molecule has 0 bridgehead atoms.